The van der Waals surface area contributed by atoms with Crippen LogP contribution in [0.2, 0.25) is 5.15 Å². The molecule has 0 amide bonds. The van der Waals surface area contributed by atoms with Crippen molar-refractivity contribution in [1.82, 2.24) is 4.98 Å². The van der Waals surface area contributed by atoms with Crippen LogP contribution >= 0.6 is 11.6 Å². The molecule has 0 unspecified atom stereocenters. The summed E-state index contributed by atoms with van der Waals surface area (Å²) < 4.78 is 5.69. The second-order valence-corrected chi connectivity index (χ2v) is 5.02. The predicted octanol–water partition coefficient (Wildman–Crippen LogP) is 3.57. The lowest BCUT2D eigenvalue weighted by Crippen LogP contribution is -2.10. The lowest BCUT2D eigenvalue weighted by atomic mass is 10.1. The molecule has 3 rings (SSSR count). The average molecular weight is 259 g/mol. The first kappa shape index (κ1) is 11.3. The van der Waals surface area contributed by atoms with Crippen LogP contribution in [0, 0.1) is 16.7 Å². The maximum Gasteiger partial charge on any atom is 0.136 e. The highest BCUT2D eigenvalue weighted by Gasteiger charge is 2.44. The van der Waals surface area contributed by atoms with Crippen molar-refractivity contribution in [2.24, 2.45) is 5.41 Å². The van der Waals surface area contributed by atoms with Gasteiger partial charge in [0.1, 0.15) is 17.5 Å². The summed E-state index contributed by atoms with van der Waals surface area (Å²) in [7, 11) is 0. The van der Waals surface area contributed by atoms with E-state index in [2.05, 4.69) is 11.1 Å². The number of halogens is 1. The van der Waals surface area contributed by atoms with E-state index >= 15 is 0 Å². The fraction of sp³-hybridized carbons (Fsp3) is 0.286. The SMILES string of the molecule is N#CC1(COc2ccc3c(Cl)nccc3c2)CC1. The van der Waals surface area contributed by atoms with Crippen LogP contribution in [0.15, 0.2) is 30.5 Å². The molecule has 4 heteroatoms. The number of hydrogen-bond donors (Lipinski definition) is 0. The maximum atomic E-state index is 8.99. The third-order valence-corrected chi connectivity index (χ3v) is 3.59. The monoisotopic (exact) mass is 258 g/mol. The van der Waals surface area contributed by atoms with Gasteiger partial charge in [-0.1, -0.05) is 11.6 Å². The Bertz CT molecular complexity index is 644. The van der Waals surface area contributed by atoms with E-state index in [4.69, 9.17) is 21.6 Å². The van der Waals surface area contributed by atoms with Crippen LogP contribution in [-0.4, -0.2) is 11.6 Å². The molecule has 0 atom stereocenters. The minimum atomic E-state index is -0.245. The first-order valence-corrected chi connectivity index (χ1v) is 6.19. The number of hydrogen-bond acceptors (Lipinski definition) is 3. The normalized spacial score (nSPS) is 16.2. The molecule has 1 aliphatic carbocycles. The van der Waals surface area contributed by atoms with E-state index in [1.54, 1.807) is 6.20 Å². The molecular weight excluding hydrogens is 248 g/mol. The summed E-state index contributed by atoms with van der Waals surface area (Å²) in [6, 6.07) is 9.89. The highest BCUT2D eigenvalue weighted by Crippen LogP contribution is 2.45. The van der Waals surface area contributed by atoms with Gasteiger partial charge in [0, 0.05) is 11.6 Å². The van der Waals surface area contributed by atoms with E-state index in [0.717, 1.165) is 29.4 Å². The van der Waals surface area contributed by atoms with Crippen LogP contribution in [0.1, 0.15) is 12.8 Å². The van der Waals surface area contributed by atoms with Gasteiger partial charge < -0.3 is 4.74 Å². The Balaban J connectivity index is 1.84. The van der Waals surface area contributed by atoms with Gasteiger partial charge in [-0.25, -0.2) is 4.98 Å². The Labute approximate surface area is 110 Å². The van der Waals surface area contributed by atoms with Crippen LogP contribution in [0.4, 0.5) is 0 Å². The summed E-state index contributed by atoms with van der Waals surface area (Å²) in [4.78, 5) is 4.03. The standard InChI is InChI=1S/C14H11ClN2O/c15-13-12-2-1-11(7-10(12)3-6-17-13)18-9-14(8-16)4-5-14/h1-3,6-7H,4-5,9H2. The first-order chi connectivity index (χ1) is 8.72. The summed E-state index contributed by atoms with van der Waals surface area (Å²) in [5.74, 6) is 0.770. The zero-order valence-corrected chi connectivity index (χ0v) is 10.4. The van der Waals surface area contributed by atoms with Crippen LogP contribution in [0.3, 0.4) is 0 Å². The minimum Gasteiger partial charge on any atom is -0.492 e. The number of ether oxygens (including phenoxy) is 1. The third-order valence-electron chi connectivity index (χ3n) is 3.29. The fourth-order valence-corrected chi connectivity index (χ4v) is 2.10. The molecule has 0 aliphatic heterocycles. The van der Waals surface area contributed by atoms with Gasteiger partial charge in [-0.3, -0.25) is 0 Å². The second kappa shape index (κ2) is 4.15. The van der Waals surface area contributed by atoms with Gasteiger partial charge in [-0.15, -0.1) is 0 Å². The van der Waals surface area contributed by atoms with Crippen molar-refractivity contribution in [3.05, 3.63) is 35.6 Å². The average Bonchev–Trinajstić information content (AvgIpc) is 3.17. The molecule has 1 saturated carbocycles. The molecule has 0 radical (unpaired) electrons. The summed E-state index contributed by atoms with van der Waals surface area (Å²) >= 11 is 6.00. The molecule has 0 bridgehead atoms. The zero-order valence-electron chi connectivity index (χ0n) is 9.69. The summed E-state index contributed by atoms with van der Waals surface area (Å²) in [5, 5.41) is 11.4. The predicted molar refractivity (Wildman–Crippen MR) is 69.5 cm³/mol. The number of nitriles is 1. The smallest absolute Gasteiger partial charge is 0.136 e. The van der Waals surface area contributed by atoms with Crippen molar-refractivity contribution >= 4 is 22.4 Å². The Morgan fingerprint density at radius 2 is 2.22 bits per heavy atom. The molecule has 1 aromatic heterocycles. The van der Waals surface area contributed by atoms with Crippen LogP contribution in [-0.2, 0) is 0 Å². The lowest BCUT2D eigenvalue weighted by Gasteiger charge is -2.10. The van der Waals surface area contributed by atoms with E-state index in [1.165, 1.54) is 0 Å². The number of benzene rings is 1. The second-order valence-electron chi connectivity index (χ2n) is 4.67. The van der Waals surface area contributed by atoms with Crippen molar-refractivity contribution < 1.29 is 4.74 Å². The fourth-order valence-electron chi connectivity index (χ4n) is 1.87. The highest BCUT2D eigenvalue weighted by molar-refractivity contribution is 6.34. The van der Waals surface area contributed by atoms with Gasteiger partial charge in [-0.2, -0.15) is 5.26 Å². The van der Waals surface area contributed by atoms with Crippen LogP contribution in [0.5, 0.6) is 5.75 Å². The van der Waals surface area contributed by atoms with E-state index in [0.29, 0.717) is 11.8 Å². The van der Waals surface area contributed by atoms with Crippen molar-refractivity contribution in [2.75, 3.05) is 6.61 Å². The van der Waals surface area contributed by atoms with Gasteiger partial charge in [0.05, 0.1) is 11.5 Å². The molecule has 0 saturated heterocycles. The first-order valence-electron chi connectivity index (χ1n) is 5.81. The number of nitrogens with zero attached hydrogens (tertiary/aromatic N) is 2. The van der Waals surface area contributed by atoms with Gasteiger partial charge >= 0.3 is 0 Å². The Morgan fingerprint density at radius 1 is 1.39 bits per heavy atom. The van der Waals surface area contributed by atoms with Crippen molar-refractivity contribution in [3.8, 4) is 11.8 Å². The van der Waals surface area contributed by atoms with E-state index in [-0.39, 0.29) is 5.41 Å². The summed E-state index contributed by atoms with van der Waals surface area (Å²) in [6.07, 6.45) is 3.55. The third kappa shape index (κ3) is 2.00. The minimum absolute atomic E-state index is 0.245. The number of fused-ring (bicyclic) bond motifs is 1. The van der Waals surface area contributed by atoms with Crippen LogP contribution in [0.25, 0.3) is 10.8 Å². The van der Waals surface area contributed by atoms with Gasteiger partial charge in [-0.05, 0) is 42.5 Å². The molecule has 1 aliphatic rings. The number of pyridine rings is 1. The molecule has 1 heterocycles. The largest absolute Gasteiger partial charge is 0.492 e. The molecular formula is C14H11ClN2O. The van der Waals surface area contributed by atoms with E-state index in [1.807, 2.05) is 24.3 Å². The van der Waals surface area contributed by atoms with Gasteiger partial charge in [0.2, 0.25) is 0 Å². The van der Waals surface area contributed by atoms with Crippen LogP contribution < -0.4 is 4.74 Å². The Morgan fingerprint density at radius 3 is 2.94 bits per heavy atom. The topological polar surface area (TPSA) is 45.9 Å². The zero-order chi connectivity index (χ0) is 12.6. The molecule has 18 heavy (non-hydrogen) atoms. The molecule has 90 valence electrons. The number of aromatic nitrogens is 1. The summed E-state index contributed by atoms with van der Waals surface area (Å²) in [5.41, 5.74) is -0.245. The maximum absolute atomic E-state index is 8.99. The Hall–Kier alpha value is -1.79. The Kier molecular flexibility index (Phi) is 2.61. The van der Waals surface area contributed by atoms with Crippen molar-refractivity contribution in [3.63, 3.8) is 0 Å². The van der Waals surface area contributed by atoms with Crippen molar-refractivity contribution in [2.45, 2.75) is 12.8 Å². The quantitative estimate of drug-likeness (QED) is 0.791. The molecule has 1 aromatic carbocycles. The molecule has 1 fully saturated rings. The highest BCUT2D eigenvalue weighted by atomic mass is 35.5. The van der Waals surface area contributed by atoms with Gasteiger partial charge in [0.25, 0.3) is 0 Å². The summed E-state index contributed by atoms with van der Waals surface area (Å²) in [6.45, 7) is 0.466. The lowest BCUT2D eigenvalue weighted by molar-refractivity contribution is 0.269. The van der Waals surface area contributed by atoms with Gasteiger partial charge in [0.15, 0.2) is 0 Å². The molecule has 0 spiro atoms. The van der Waals surface area contributed by atoms with E-state index < -0.39 is 0 Å². The van der Waals surface area contributed by atoms with E-state index in [9.17, 15) is 0 Å². The van der Waals surface area contributed by atoms with Crippen molar-refractivity contribution in [1.29, 1.82) is 5.26 Å². The number of rotatable bonds is 3. The molecule has 2 aromatic rings. The molecule has 3 nitrogen and oxygen atoms in total. The molecule has 0 N–H and O–H groups in total.